The Labute approximate surface area is 241 Å². The highest BCUT2D eigenvalue weighted by atomic mass is 32.2. The van der Waals surface area contributed by atoms with Gasteiger partial charge in [0.05, 0.1) is 17.4 Å². The Morgan fingerprint density at radius 2 is 1.93 bits per heavy atom. The highest BCUT2D eigenvalue weighted by molar-refractivity contribution is 8.01. The number of pyridine rings is 1. The number of aromatic nitrogens is 3. The molecule has 2 aliphatic heterocycles. The summed E-state index contributed by atoms with van der Waals surface area (Å²) >= 11 is 1.35. The lowest BCUT2D eigenvalue weighted by atomic mass is 9.89. The molecule has 2 aromatic heterocycles. The Bertz CT molecular complexity index is 1520. The van der Waals surface area contributed by atoms with Gasteiger partial charge in [-0.3, -0.25) is 14.5 Å². The van der Waals surface area contributed by atoms with E-state index in [-0.39, 0.29) is 29.9 Å². The first kappa shape index (κ1) is 26.8. The number of benzene rings is 1. The van der Waals surface area contributed by atoms with E-state index >= 15 is 0 Å². The fourth-order valence-electron chi connectivity index (χ4n) is 5.65. The third kappa shape index (κ3) is 5.22. The first-order valence-electron chi connectivity index (χ1n) is 13.5. The maximum absolute atomic E-state index is 13.6. The van der Waals surface area contributed by atoms with Gasteiger partial charge in [-0.05, 0) is 61.7 Å². The molecule has 0 radical (unpaired) electrons. The number of anilines is 2. The van der Waals surface area contributed by atoms with Gasteiger partial charge in [-0.1, -0.05) is 31.2 Å². The Kier molecular flexibility index (Phi) is 7.31. The molecular formula is C29H29N7O4S. The van der Waals surface area contributed by atoms with Crippen molar-refractivity contribution in [2.75, 3.05) is 4.90 Å². The lowest BCUT2D eigenvalue weighted by Crippen LogP contribution is -2.56. The zero-order valence-corrected chi connectivity index (χ0v) is 23.2. The minimum Gasteiger partial charge on any atom is -0.438 e. The number of nitrogens with zero attached hydrogens (tertiary/aromatic N) is 4. The predicted molar refractivity (Wildman–Crippen MR) is 153 cm³/mol. The van der Waals surface area contributed by atoms with Crippen LogP contribution in [-0.4, -0.2) is 50.4 Å². The number of carbonyl (C=O) groups is 3. The second kappa shape index (κ2) is 11.2. The highest BCUT2D eigenvalue weighted by Crippen LogP contribution is 2.51. The van der Waals surface area contributed by atoms with Gasteiger partial charge in [0.1, 0.15) is 16.0 Å². The minimum atomic E-state index is -0.591. The molecule has 3 aromatic rings. The molecule has 41 heavy (non-hydrogen) atoms. The van der Waals surface area contributed by atoms with Gasteiger partial charge in [-0.25, -0.2) is 9.78 Å². The summed E-state index contributed by atoms with van der Waals surface area (Å²) < 4.78 is 5.80. The predicted octanol–water partition coefficient (Wildman–Crippen LogP) is 4.08. The fraction of sp³-hybridized carbons (Fsp3) is 0.310. The maximum Gasteiger partial charge on any atom is 0.327 e. The van der Waals surface area contributed by atoms with E-state index in [4.69, 9.17) is 4.74 Å². The lowest BCUT2D eigenvalue weighted by molar-refractivity contribution is -0.123. The van der Waals surface area contributed by atoms with E-state index in [0.29, 0.717) is 28.0 Å². The minimum absolute atomic E-state index is 0.166. The molecule has 6 rings (SSSR count). The molecule has 0 saturated heterocycles. The van der Waals surface area contributed by atoms with Crippen molar-refractivity contribution in [2.24, 2.45) is 0 Å². The van der Waals surface area contributed by atoms with Crippen molar-refractivity contribution in [1.82, 2.24) is 31.1 Å². The number of carbonyl (C=O) groups excluding carboxylic acids is 3. The van der Waals surface area contributed by atoms with E-state index < -0.39 is 11.3 Å². The standard InChI is InChI=1S/C29H29N7O4S/c1-3-22(37)32-18-7-4-5-8-19(18)33-27(38)26-25-24-21(12-14-30-28(24)41-26)36(29(39)34-25)20-11-10-17(15-16(20)2)40-23-9-6-13-31-35-23/h3,6,9-15,18-19,25-26H,1,4-5,7-8H2,2H3,(H,32,37)(H,33,38)(H,34,39)/t18-,19+,25?,26?/m0/s1. The van der Waals surface area contributed by atoms with Crippen LogP contribution in [-0.2, 0) is 9.59 Å². The fourth-order valence-corrected chi connectivity index (χ4v) is 6.89. The summed E-state index contributed by atoms with van der Waals surface area (Å²) in [5, 5.41) is 17.1. The van der Waals surface area contributed by atoms with Gasteiger partial charge in [0.25, 0.3) is 0 Å². The first-order valence-corrected chi connectivity index (χ1v) is 14.4. The smallest absolute Gasteiger partial charge is 0.327 e. The number of amides is 4. The first-order chi connectivity index (χ1) is 19.9. The van der Waals surface area contributed by atoms with Gasteiger partial charge in [0.15, 0.2) is 0 Å². The largest absolute Gasteiger partial charge is 0.438 e. The summed E-state index contributed by atoms with van der Waals surface area (Å²) in [6.45, 7) is 5.43. The topological polar surface area (TPSA) is 138 Å². The number of nitrogens with one attached hydrogen (secondary N) is 3. The molecule has 1 fully saturated rings. The molecule has 4 amide bonds. The maximum atomic E-state index is 13.6. The summed E-state index contributed by atoms with van der Waals surface area (Å²) in [4.78, 5) is 45.3. The second-order valence-corrected chi connectivity index (χ2v) is 11.3. The molecular weight excluding hydrogens is 542 g/mol. The Hall–Kier alpha value is -4.45. The van der Waals surface area contributed by atoms with E-state index in [0.717, 1.165) is 36.8 Å². The van der Waals surface area contributed by atoms with E-state index in [9.17, 15) is 14.4 Å². The van der Waals surface area contributed by atoms with Crippen LogP contribution in [0.25, 0.3) is 0 Å². The van der Waals surface area contributed by atoms with Crippen molar-refractivity contribution < 1.29 is 19.1 Å². The van der Waals surface area contributed by atoms with Crippen molar-refractivity contribution in [2.45, 2.75) is 61.0 Å². The second-order valence-electron chi connectivity index (χ2n) is 10.2. The van der Waals surface area contributed by atoms with Crippen molar-refractivity contribution in [3.63, 3.8) is 0 Å². The summed E-state index contributed by atoms with van der Waals surface area (Å²) in [6, 6.07) is 9.45. The molecule has 4 heterocycles. The summed E-state index contributed by atoms with van der Waals surface area (Å²) in [5.41, 5.74) is 3.00. The summed E-state index contributed by atoms with van der Waals surface area (Å²) in [5.74, 6) is 0.494. The third-order valence-corrected chi connectivity index (χ3v) is 8.84. The van der Waals surface area contributed by atoms with Crippen molar-refractivity contribution in [3.05, 3.63) is 72.6 Å². The number of hydrogen-bond donors (Lipinski definition) is 3. The van der Waals surface area contributed by atoms with Crippen molar-refractivity contribution in [1.29, 1.82) is 0 Å². The van der Waals surface area contributed by atoms with Crippen LogP contribution in [0.3, 0.4) is 0 Å². The summed E-state index contributed by atoms with van der Waals surface area (Å²) in [7, 11) is 0. The number of hydrogen-bond acceptors (Lipinski definition) is 8. The molecule has 11 nitrogen and oxygen atoms in total. The number of thioether (sulfide) groups is 1. The highest BCUT2D eigenvalue weighted by Gasteiger charge is 2.47. The average Bonchev–Trinajstić information content (AvgIpc) is 3.35. The molecule has 12 heteroatoms. The molecule has 3 aliphatic rings. The Morgan fingerprint density at radius 1 is 1.12 bits per heavy atom. The zero-order valence-electron chi connectivity index (χ0n) is 22.4. The molecule has 1 aliphatic carbocycles. The van der Waals surface area contributed by atoms with Gasteiger partial charge < -0.3 is 20.7 Å². The monoisotopic (exact) mass is 571 g/mol. The zero-order chi connectivity index (χ0) is 28.5. The van der Waals surface area contributed by atoms with E-state index in [1.165, 1.54) is 17.8 Å². The van der Waals surface area contributed by atoms with E-state index in [1.54, 1.807) is 41.6 Å². The van der Waals surface area contributed by atoms with Gasteiger partial charge in [-0.2, -0.15) is 5.10 Å². The molecule has 1 saturated carbocycles. The van der Waals surface area contributed by atoms with Gasteiger partial charge in [0.2, 0.25) is 17.7 Å². The van der Waals surface area contributed by atoms with E-state index in [1.807, 2.05) is 19.1 Å². The Balaban J connectivity index is 1.23. The van der Waals surface area contributed by atoms with Crippen LogP contribution in [0.4, 0.5) is 16.2 Å². The van der Waals surface area contributed by atoms with Gasteiger partial charge in [-0.15, -0.1) is 5.10 Å². The van der Waals surface area contributed by atoms with Crippen LogP contribution in [0.5, 0.6) is 11.6 Å². The average molecular weight is 572 g/mol. The molecule has 210 valence electrons. The molecule has 2 unspecified atom stereocenters. The van der Waals surface area contributed by atoms with Crippen LogP contribution in [0.1, 0.15) is 42.9 Å². The number of rotatable bonds is 7. The Morgan fingerprint density at radius 3 is 2.66 bits per heavy atom. The van der Waals surface area contributed by atoms with Crippen LogP contribution < -0.4 is 25.6 Å². The third-order valence-electron chi connectivity index (χ3n) is 7.55. The molecule has 0 spiro atoms. The van der Waals surface area contributed by atoms with Crippen LogP contribution in [0.2, 0.25) is 0 Å². The summed E-state index contributed by atoms with van der Waals surface area (Å²) in [6.07, 6.45) is 7.97. The molecule has 4 atom stereocenters. The molecule has 0 bridgehead atoms. The van der Waals surface area contributed by atoms with Crippen molar-refractivity contribution in [3.8, 4) is 11.6 Å². The van der Waals surface area contributed by atoms with Gasteiger partial charge in [0, 0.05) is 36.1 Å². The normalized spacial score (nSPS) is 22.8. The quantitative estimate of drug-likeness (QED) is 0.361. The van der Waals surface area contributed by atoms with Crippen molar-refractivity contribution >= 4 is 41.0 Å². The number of aryl methyl sites for hydroxylation is 1. The SMILES string of the molecule is C=CC(=O)N[C@H]1CCCC[C@H]1NC(=O)C1Sc2nccc3c2C1NC(=O)N3c1ccc(Oc2cccnn2)cc1C. The number of urea groups is 1. The van der Waals surface area contributed by atoms with Crippen LogP contribution >= 0.6 is 11.8 Å². The van der Waals surface area contributed by atoms with Gasteiger partial charge >= 0.3 is 6.03 Å². The van der Waals surface area contributed by atoms with Crippen LogP contribution in [0.15, 0.2) is 66.5 Å². The molecule has 1 aromatic carbocycles. The lowest BCUT2D eigenvalue weighted by Gasteiger charge is -2.36. The van der Waals surface area contributed by atoms with Crippen LogP contribution in [0, 0.1) is 6.92 Å². The number of ether oxygens (including phenoxy) is 1. The van der Waals surface area contributed by atoms with E-state index in [2.05, 4.69) is 37.7 Å². The molecule has 3 N–H and O–H groups in total.